The van der Waals surface area contributed by atoms with Crippen LogP contribution in [0.3, 0.4) is 0 Å². The summed E-state index contributed by atoms with van der Waals surface area (Å²) in [5.74, 6) is -4.14. The van der Waals surface area contributed by atoms with E-state index in [1.54, 1.807) is 56.7 Å². The second-order valence-electron chi connectivity index (χ2n) is 10.9. The summed E-state index contributed by atoms with van der Waals surface area (Å²) in [6.07, 6.45) is 1.53. The number of aromatic carboxylic acids is 1. The predicted molar refractivity (Wildman–Crippen MR) is 161 cm³/mol. The van der Waals surface area contributed by atoms with Crippen LogP contribution < -0.4 is 9.80 Å². The quantitative estimate of drug-likeness (QED) is 0.166. The van der Waals surface area contributed by atoms with Crippen molar-refractivity contribution in [3.05, 3.63) is 89.5 Å². The number of nitrogens with one attached hydrogen (secondary N) is 1. The Morgan fingerprint density at radius 1 is 1.02 bits per heavy atom. The highest BCUT2D eigenvalue weighted by Gasteiger charge is 2.38. The number of alkyl halides is 3. The SMILES string of the molecule is Cc1cccc(CO[C@@H]2CCC[C@H](OCC[N+](C)(C(=O)Nc3cccc(F)c3)c3cccnc3)C2)c1C(=O)O.O=C(O)C(F)(F)F. The van der Waals surface area contributed by atoms with Crippen LogP contribution in [-0.4, -0.2) is 71.8 Å². The molecule has 0 spiro atoms. The van der Waals surface area contributed by atoms with Crippen molar-refractivity contribution in [2.45, 2.75) is 57.6 Å². The summed E-state index contributed by atoms with van der Waals surface area (Å²) >= 11 is 0. The smallest absolute Gasteiger partial charge is 0.478 e. The molecule has 46 heavy (non-hydrogen) atoms. The molecule has 1 aliphatic rings. The molecule has 1 unspecified atom stereocenters. The molecule has 248 valence electrons. The number of aliphatic carboxylic acids is 1. The van der Waals surface area contributed by atoms with Gasteiger partial charge in [0.2, 0.25) is 0 Å². The van der Waals surface area contributed by atoms with Gasteiger partial charge in [0.05, 0.1) is 44.2 Å². The number of carbonyl (C=O) groups is 3. The van der Waals surface area contributed by atoms with Crippen molar-refractivity contribution in [1.82, 2.24) is 9.47 Å². The van der Waals surface area contributed by atoms with E-state index in [9.17, 15) is 32.3 Å². The van der Waals surface area contributed by atoms with Gasteiger partial charge in [-0.2, -0.15) is 13.2 Å². The number of carboxylic acids is 2. The Balaban J connectivity index is 0.000000738. The Kier molecular flexibility index (Phi) is 12.7. The van der Waals surface area contributed by atoms with Crippen LogP contribution in [0.2, 0.25) is 0 Å². The molecule has 14 heteroatoms. The van der Waals surface area contributed by atoms with Crippen molar-refractivity contribution in [3.63, 3.8) is 0 Å². The van der Waals surface area contributed by atoms with Gasteiger partial charge in [-0.15, -0.1) is 0 Å². The molecule has 1 fully saturated rings. The average Bonchev–Trinajstić information content (AvgIpc) is 3.00. The summed E-state index contributed by atoms with van der Waals surface area (Å²) < 4.78 is 57.7. The number of halogens is 4. The van der Waals surface area contributed by atoms with Gasteiger partial charge < -0.3 is 19.7 Å². The van der Waals surface area contributed by atoms with E-state index in [-0.39, 0.29) is 29.3 Å². The van der Waals surface area contributed by atoms with Crippen LogP contribution in [0.5, 0.6) is 0 Å². The normalized spacial score (nSPS) is 17.6. The first-order chi connectivity index (χ1) is 21.7. The van der Waals surface area contributed by atoms with Crippen LogP contribution >= 0.6 is 0 Å². The molecule has 10 nitrogen and oxygen atoms in total. The van der Waals surface area contributed by atoms with Crippen LogP contribution in [0.25, 0.3) is 0 Å². The highest BCUT2D eigenvalue weighted by Crippen LogP contribution is 2.27. The Labute approximate surface area is 263 Å². The number of nitrogens with zero attached hydrogens (tertiary/aromatic N) is 2. The van der Waals surface area contributed by atoms with Gasteiger partial charge in [-0.05, 0) is 68.0 Å². The van der Waals surface area contributed by atoms with E-state index in [0.717, 1.165) is 19.3 Å². The molecule has 0 saturated heterocycles. The molecular formula is C32H36F4N3O7+. The van der Waals surface area contributed by atoms with Gasteiger partial charge in [0, 0.05) is 18.0 Å². The molecule has 1 aliphatic carbocycles. The van der Waals surface area contributed by atoms with E-state index in [4.69, 9.17) is 19.4 Å². The first-order valence-corrected chi connectivity index (χ1v) is 14.4. The number of carbonyl (C=O) groups excluding carboxylic acids is 1. The zero-order valence-electron chi connectivity index (χ0n) is 25.3. The number of carboxylic acid groups (broad SMARTS) is 2. The van der Waals surface area contributed by atoms with Crippen LogP contribution in [0.15, 0.2) is 67.0 Å². The molecule has 1 aromatic heterocycles. The Morgan fingerprint density at radius 3 is 2.30 bits per heavy atom. The fraction of sp³-hybridized carbons (Fsp3) is 0.375. The molecule has 0 radical (unpaired) electrons. The second kappa shape index (κ2) is 16.2. The number of rotatable bonds is 10. The number of quaternary nitrogens is 1. The molecule has 3 aromatic rings. The Bertz CT molecular complexity index is 1490. The van der Waals surface area contributed by atoms with Gasteiger partial charge in [0.1, 0.15) is 12.4 Å². The van der Waals surface area contributed by atoms with Crippen LogP contribution in [-0.2, 0) is 20.9 Å². The van der Waals surface area contributed by atoms with Crippen molar-refractivity contribution in [2.75, 3.05) is 25.5 Å². The molecule has 0 aliphatic heterocycles. The highest BCUT2D eigenvalue weighted by atomic mass is 19.4. The maximum atomic E-state index is 13.7. The van der Waals surface area contributed by atoms with Gasteiger partial charge in [0.15, 0.2) is 5.69 Å². The number of hydrogen-bond donors (Lipinski definition) is 3. The summed E-state index contributed by atoms with van der Waals surface area (Å²) in [6.45, 7) is 2.69. The van der Waals surface area contributed by atoms with Crippen molar-refractivity contribution in [3.8, 4) is 0 Å². The minimum absolute atomic E-state index is 0.0335. The third kappa shape index (κ3) is 10.3. The summed E-state index contributed by atoms with van der Waals surface area (Å²) in [4.78, 5) is 38.2. The fourth-order valence-corrected chi connectivity index (χ4v) is 4.98. The van der Waals surface area contributed by atoms with Crippen LogP contribution in [0, 0.1) is 12.7 Å². The lowest BCUT2D eigenvalue weighted by molar-refractivity contribution is -0.192. The zero-order chi connectivity index (χ0) is 33.9. The fourth-order valence-electron chi connectivity index (χ4n) is 4.98. The maximum absolute atomic E-state index is 13.7. The first kappa shape index (κ1) is 36.1. The standard InChI is InChI=1S/C30H34FN3O5.C2HF3O2/c1-21-7-3-8-22(28(21)29(35)36)20-39-27-13-5-12-26(18-27)38-16-15-34(2,25-11-6-14-32-19-25)30(37)33-24-10-4-9-23(31)17-24;3-2(4,5)1(6)7/h3-4,6-11,14,17,19,26-27H,5,12-13,15-16,18,20H2,1-2H3,(H-,33,35,36,37);(H,6,7)/p+1/t26-,27+,34?;/m0./s1. The van der Waals surface area contributed by atoms with Gasteiger partial charge in [-0.3, -0.25) is 10.3 Å². The van der Waals surface area contributed by atoms with Crippen LogP contribution in [0.1, 0.15) is 47.2 Å². The topological polar surface area (TPSA) is 135 Å². The van der Waals surface area contributed by atoms with E-state index in [0.29, 0.717) is 47.6 Å². The minimum Gasteiger partial charge on any atom is -0.478 e. The number of ether oxygens (including phenoxy) is 2. The monoisotopic (exact) mass is 650 g/mol. The molecular weight excluding hydrogens is 614 g/mol. The number of hydrogen-bond acceptors (Lipinski definition) is 6. The van der Waals surface area contributed by atoms with E-state index in [2.05, 4.69) is 10.3 Å². The largest absolute Gasteiger partial charge is 0.490 e. The lowest BCUT2D eigenvalue weighted by atomic mass is 9.94. The molecule has 1 heterocycles. The van der Waals surface area contributed by atoms with Crippen LogP contribution in [0.4, 0.5) is 33.7 Å². The molecule has 0 bridgehead atoms. The van der Waals surface area contributed by atoms with E-state index in [1.165, 1.54) is 12.1 Å². The molecule has 4 rings (SSSR count). The highest BCUT2D eigenvalue weighted by molar-refractivity contribution is 5.97. The zero-order valence-corrected chi connectivity index (χ0v) is 25.3. The number of benzene rings is 2. The van der Waals surface area contributed by atoms with E-state index < -0.39 is 23.9 Å². The minimum atomic E-state index is -5.08. The summed E-state index contributed by atoms with van der Waals surface area (Å²) in [5, 5.41) is 19.5. The molecule has 1 saturated carbocycles. The van der Waals surface area contributed by atoms with E-state index in [1.807, 2.05) is 12.1 Å². The second-order valence-corrected chi connectivity index (χ2v) is 10.9. The number of aromatic nitrogens is 1. The number of pyridine rings is 1. The van der Waals surface area contributed by atoms with Crippen molar-refractivity contribution in [2.24, 2.45) is 0 Å². The van der Waals surface area contributed by atoms with Gasteiger partial charge >= 0.3 is 24.1 Å². The number of aryl methyl sites for hydroxylation is 1. The number of likely N-dealkylation sites (N-methyl/N-ethyl adjacent to an activating group) is 1. The van der Waals surface area contributed by atoms with Crippen molar-refractivity contribution in [1.29, 1.82) is 0 Å². The van der Waals surface area contributed by atoms with E-state index >= 15 is 0 Å². The molecule has 3 atom stereocenters. The summed E-state index contributed by atoms with van der Waals surface area (Å²) in [7, 11) is 1.78. The first-order valence-electron chi connectivity index (χ1n) is 14.4. The average molecular weight is 651 g/mol. The molecule has 2 aromatic carbocycles. The van der Waals surface area contributed by atoms with Gasteiger partial charge in [0.25, 0.3) is 0 Å². The number of amides is 2. The van der Waals surface area contributed by atoms with Crippen molar-refractivity contribution >= 4 is 29.3 Å². The predicted octanol–water partition coefficient (Wildman–Crippen LogP) is 6.57. The molecule has 2 amide bonds. The molecule has 3 N–H and O–H groups in total. The van der Waals surface area contributed by atoms with Gasteiger partial charge in [-0.25, -0.2) is 23.3 Å². The summed E-state index contributed by atoms with van der Waals surface area (Å²) in [6, 6.07) is 14.5. The van der Waals surface area contributed by atoms with Gasteiger partial charge in [-0.1, -0.05) is 24.3 Å². The lowest BCUT2D eigenvalue weighted by Gasteiger charge is -2.33. The summed E-state index contributed by atoms with van der Waals surface area (Å²) in [5.41, 5.74) is 2.74. The Morgan fingerprint density at radius 2 is 1.70 bits per heavy atom. The van der Waals surface area contributed by atoms with Crippen molar-refractivity contribution < 1.29 is 51.6 Å². The lowest BCUT2D eigenvalue weighted by Crippen LogP contribution is -2.55. The number of urea groups is 1. The number of anilines is 1. The third-order valence-electron chi connectivity index (χ3n) is 7.50. The Hall–Kier alpha value is -4.40. The maximum Gasteiger partial charge on any atom is 0.490 e. The third-order valence-corrected chi connectivity index (χ3v) is 7.50.